The summed E-state index contributed by atoms with van der Waals surface area (Å²) in [5.74, 6) is -4.43. The van der Waals surface area contributed by atoms with Crippen molar-refractivity contribution in [1.82, 2.24) is 15.3 Å². The Labute approximate surface area is 209 Å². The summed E-state index contributed by atoms with van der Waals surface area (Å²) < 4.78 is 56.8. The second-order valence-corrected chi connectivity index (χ2v) is 8.84. The number of rotatable bonds is 8. The van der Waals surface area contributed by atoms with Crippen molar-refractivity contribution in [1.29, 1.82) is 0 Å². The molecule has 0 spiro atoms. The summed E-state index contributed by atoms with van der Waals surface area (Å²) in [7, 11) is 0. The van der Waals surface area contributed by atoms with Crippen LogP contribution in [0, 0.1) is 13.8 Å². The van der Waals surface area contributed by atoms with Crippen molar-refractivity contribution in [3.63, 3.8) is 0 Å². The van der Waals surface area contributed by atoms with Gasteiger partial charge in [-0.3, -0.25) is 9.80 Å². The lowest BCUT2D eigenvalue weighted by molar-refractivity contribution is -0.171. The number of ether oxygens (including phenoxy) is 1. The lowest BCUT2D eigenvalue weighted by atomic mass is 10.0. The fourth-order valence-corrected chi connectivity index (χ4v) is 4.07. The zero-order valence-electron chi connectivity index (χ0n) is 21.0. The third-order valence-corrected chi connectivity index (χ3v) is 6.02. The maximum atomic E-state index is 13.4. The highest BCUT2D eigenvalue weighted by atomic mass is 19.3. The highest BCUT2D eigenvalue weighted by Crippen LogP contribution is 2.32. The number of carbonyl (C=O) groups excluding carboxylic acids is 1. The Morgan fingerprint density at radius 1 is 1.03 bits per heavy atom. The SMILES string of the molecule is CC.Cc1ccc(CN2CC(COCC(F)(F)C(F)F)N3NC(c4ccc(C)cc4)C=C3C2=O)cc1. The minimum absolute atomic E-state index is 0.192. The average molecular weight is 508 g/mol. The van der Waals surface area contributed by atoms with Crippen LogP contribution in [-0.4, -0.2) is 54.0 Å². The summed E-state index contributed by atoms with van der Waals surface area (Å²) in [6, 6.07) is 14.8. The molecule has 0 bridgehead atoms. The van der Waals surface area contributed by atoms with E-state index in [1.54, 1.807) is 16.0 Å². The fourth-order valence-electron chi connectivity index (χ4n) is 4.07. The van der Waals surface area contributed by atoms with Gasteiger partial charge < -0.3 is 9.64 Å². The molecule has 36 heavy (non-hydrogen) atoms. The van der Waals surface area contributed by atoms with Crippen LogP contribution in [0.4, 0.5) is 17.6 Å². The van der Waals surface area contributed by atoms with Crippen molar-refractivity contribution in [3.05, 3.63) is 82.6 Å². The molecule has 1 saturated heterocycles. The van der Waals surface area contributed by atoms with E-state index >= 15 is 0 Å². The molecule has 196 valence electrons. The van der Waals surface area contributed by atoms with Crippen LogP contribution in [-0.2, 0) is 16.1 Å². The minimum atomic E-state index is -4.23. The number of nitrogens with zero attached hydrogens (tertiary/aromatic N) is 2. The molecule has 1 fully saturated rings. The molecule has 0 aliphatic carbocycles. The summed E-state index contributed by atoms with van der Waals surface area (Å²) >= 11 is 0. The summed E-state index contributed by atoms with van der Waals surface area (Å²) in [5, 5.41) is 1.62. The number of hydrazine groups is 1. The molecule has 2 aliphatic rings. The minimum Gasteiger partial charge on any atom is -0.373 e. The third kappa shape index (κ3) is 6.44. The van der Waals surface area contributed by atoms with Crippen molar-refractivity contribution in [2.45, 2.75) is 58.7 Å². The quantitative estimate of drug-likeness (QED) is 0.486. The molecular formula is C27H33F4N3O2. The monoisotopic (exact) mass is 507 g/mol. The normalized spacial score (nSPS) is 19.7. The zero-order chi connectivity index (χ0) is 26.5. The van der Waals surface area contributed by atoms with Crippen molar-refractivity contribution >= 4 is 5.91 Å². The van der Waals surface area contributed by atoms with Gasteiger partial charge in [0.25, 0.3) is 5.91 Å². The Bertz CT molecular complexity index is 1040. The van der Waals surface area contributed by atoms with E-state index in [0.29, 0.717) is 12.2 Å². The lowest BCUT2D eigenvalue weighted by Crippen LogP contribution is -2.58. The number of halogens is 4. The molecular weight excluding hydrogens is 474 g/mol. The number of alkyl halides is 4. The standard InChI is InChI=1S/C25H27F4N3O2.C2H6/c1-16-3-7-18(8-4-16)12-31-13-20(14-34-15-25(28,29)24(26)27)32-22(23(31)33)11-21(30-32)19-9-5-17(2)6-10-19;1-2/h3-11,20-21,24,30H,12-15H2,1-2H3;1-2H3. The molecule has 2 aliphatic heterocycles. The van der Waals surface area contributed by atoms with Gasteiger partial charge in [0.2, 0.25) is 0 Å². The first-order valence-corrected chi connectivity index (χ1v) is 12.1. The molecule has 1 N–H and O–H groups in total. The van der Waals surface area contributed by atoms with Crippen LogP contribution in [0.3, 0.4) is 0 Å². The van der Waals surface area contributed by atoms with Gasteiger partial charge in [-0.25, -0.2) is 14.2 Å². The van der Waals surface area contributed by atoms with Gasteiger partial charge in [-0.05, 0) is 31.1 Å². The first kappa shape index (κ1) is 27.7. The lowest BCUT2D eigenvalue weighted by Gasteiger charge is -2.41. The highest BCUT2D eigenvalue weighted by molar-refractivity contribution is 5.94. The fraction of sp³-hybridized carbons (Fsp3) is 0.444. The van der Waals surface area contributed by atoms with Crippen molar-refractivity contribution in [2.75, 3.05) is 19.8 Å². The van der Waals surface area contributed by atoms with E-state index in [9.17, 15) is 22.4 Å². The number of benzene rings is 2. The maximum Gasteiger partial charge on any atom is 0.330 e. The molecule has 2 aromatic rings. The molecule has 2 heterocycles. The molecule has 5 nitrogen and oxygen atoms in total. The highest BCUT2D eigenvalue weighted by Gasteiger charge is 2.43. The molecule has 2 unspecified atom stereocenters. The van der Waals surface area contributed by atoms with Gasteiger partial charge in [0.1, 0.15) is 12.3 Å². The summed E-state index contributed by atoms with van der Waals surface area (Å²) in [6.07, 6.45) is -2.00. The van der Waals surface area contributed by atoms with Crippen LogP contribution < -0.4 is 5.43 Å². The third-order valence-electron chi connectivity index (χ3n) is 6.02. The number of fused-ring (bicyclic) bond motifs is 1. The Balaban J connectivity index is 0.00000176. The molecule has 0 radical (unpaired) electrons. The Hall–Kier alpha value is -2.91. The van der Waals surface area contributed by atoms with E-state index in [1.165, 1.54) is 0 Å². The van der Waals surface area contributed by atoms with Crippen LogP contribution in [0.25, 0.3) is 0 Å². The molecule has 2 atom stereocenters. The topological polar surface area (TPSA) is 44.8 Å². The molecule has 0 aromatic heterocycles. The predicted octanol–water partition coefficient (Wildman–Crippen LogP) is 5.40. The van der Waals surface area contributed by atoms with Gasteiger partial charge in [0.15, 0.2) is 0 Å². The number of hydrogen-bond acceptors (Lipinski definition) is 4. The first-order valence-electron chi connectivity index (χ1n) is 12.1. The molecule has 9 heteroatoms. The number of piperazine rings is 1. The molecule has 2 aromatic carbocycles. The largest absolute Gasteiger partial charge is 0.373 e. The predicted molar refractivity (Wildman–Crippen MR) is 130 cm³/mol. The molecule has 4 rings (SSSR count). The van der Waals surface area contributed by atoms with Crippen molar-refractivity contribution < 1.29 is 27.1 Å². The van der Waals surface area contributed by atoms with E-state index in [0.717, 1.165) is 22.3 Å². The summed E-state index contributed by atoms with van der Waals surface area (Å²) in [6.45, 7) is 6.84. The van der Waals surface area contributed by atoms with Gasteiger partial charge in [-0.15, -0.1) is 0 Å². The van der Waals surface area contributed by atoms with Crippen LogP contribution >= 0.6 is 0 Å². The molecule has 1 amide bonds. The molecule has 0 saturated carbocycles. The van der Waals surface area contributed by atoms with Gasteiger partial charge in [0, 0.05) is 13.1 Å². The van der Waals surface area contributed by atoms with Crippen LogP contribution in [0.1, 0.15) is 42.1 Å². The van der Waals surface area contributed by atoms with E-state index in [4.69, 9.17) is 4.74 Å². The Kier molecular flexibility index (Phi) is 9.13. The first-order chi connectivity index (χ1) is 17.1. The van der Waals surface area contributed by atoms with Crippen molar-refractivity contribution in [3.8, 4) is 0 Å². The second kappa shape index (κ2) is 11.9. The van der Waals surface area contributed by atoms with Crippen LogP contribution in [0.15, 0.2) is 60.3 Å². The number of carbonyl (C=O) groups is 1. The summed E-state index contributed by atoms with van der Waals surface area (Å²) in [5.41, 5.74) is 7.69. The number of hydrogen-bond donors (Lipinski definition) is 1. The number of amides is 1. The van der Waals surface area contributed by atoms with E-state index in [1.807, 2.05) is 76.2 Å². The smallest absolute Gasteiger partial charge is 0.330 e. The van der Waals surface area contributed by atoms with Crippen LogP contribution in [0.5, 0.6) is 0 Å². The van der Waals surface area contributed by atoms with Crippen LogP contribution in [0.2, 0.25) is 0 Å². The summed E-state index contributed by atoms with van der Waals surface area (Å²) in [4.78, 5) is 14.9. The van der Waals surface area contributed by atoms with E-state index in [-0.39, 0.29) is 25.1 Å². The number of aryl methyl sites for hydroxylation is 2. The van der Waals surface area contributed by atoms with E-state index in [2.05, 4.69) is 5.43 Å². The zero-order valence-corrected chi connectivity index (χ0v) is 21.0. The van der Waals surface area contributed by atoms with Gasteiger partial charge >= 0.3 is 12.3 Å². The van der Waals surface area contributed by atoms with E-state index < -0.39 is 25.0 Å². The Morgan fingerprint density at radius 3 is 2.19 bits per heavy atom. The van der Waals surface area contributed by atoms with Gasteiger partial charge in [0.05, 0.1) is 18.7 Å². The average Bonchev–Trinajstić information content (AvgIpc) is 3.31. The van der Waals surface area contributed by atoms with Gasteiger partial charge in [-0.2, -0.15) is 8.78 Å². The Morgan fingerprint density at radius 2 is 1.61 bits per heavy atom. The maximum absolute atomic E-state index is 13.4. The second-order valence-electron chi connectivity index (χ2n) is 8.84. The van der Waals surface area contributed by atoms with Crippen molar-refractivity contribution in [2.24, 2.45) is 0 Å². The number of nitrogens with one attached hydrogen (secondary N) is 1. The van der Waals surface area contributed by atoms with Gasteiger partial charge in [-0.1, -0.05) is 73.5 Å².